The Kier molecular flexibility index (Phi) is 14.4. The normalized spacial score (nSPS) is 6.50. The van der Waals surface area contributed by atoms with Gasteiger partial charge in [-0.3, -0.25) is 0 Å². The molecule has 0 aromatic rings. The van der Waals surface area contributed by atoms with Gasteiger partial charge in [0.05, 0.1) is 0 Å². The van der Waals surface area contributed by atoms with Crippen LogP contribution in [0.3, 0.4) is 0 Å². The zero-order valence-corrected chi connectivity index (χ0v) is 6.94. The van der Waals surface area contributed by atoms with E-state index >= 15 is 0 Å². The van der Waals surface area contributed by atoms with Gasteiger partial charge in [-0.25, -0.2) is 0 Å². The van der Waals surface area contributed by atoms with Crippen LogP contribution in [0, 0.1) is 0 Å². The minimum Gasteiger partial charge on any atom is -0.147 e. The zero-order chi connectivity index (χ0) is 5.54. The highest BCUT2D eigenvalue weighted by Crippen LogP contribution is 1.84. The lowest BCUT2D eigenvalue weighted by molar-refractivity contribution is 1.60. The first kappa shape index (κ1) is 11.1. The van der Waals surface area contributed by atoms with Gasteiger partial charge in [0, 0.05) is 0 Å². The standard InChI is InChI=1S/2C3H5.Al.ClH/c2*1-3-2;;/h2*3H,1-2H2;;1H. The van der Waals surface area contributed by atoms with Crippen molar-refractivity contribution in [2.75, 3.05) is 0 Å². The molecule has 2 heteroatoms. The third-order valence-electron chi connectivity index (χ3n) is 0.667. The smallest absolute Gasteiger partial charge is 0.147 e. The van der Waals surface area contributed by atoms with Crippen LogP contribution < -0.4 is 0 Å². The lowest BCUT2D eigenvalue weighted by atomic mass is 10.7. The van der Waals surface area contributed by atoms with E-state index in [0.29, 0.717) is 15.2 Å². The predicted molar refractivity (Wildman–Crippen MR) is 43.0 cm³/mol. The van der Waals surface area contributed by atoms with Crippen LogP contribution >= 0.6 is 12.4 Å². The van der Waals surface area contributed by atoms with Crippen molar-refractivity contribution in [2.45, 2.75) is 10.6 Å². The fraction of sp³-hybridized carbons (Fsp3) is 0.333. The van der Waals surface area contributed by atoms with E-state index in [4.69, 9.17) is 0 Å². The number of halogens is 1. The molecule has 0 aromatic carbocycles. The topological polar surface area (TPSA) is 0 Å². The SMILES string of the molecule is C=C[CH2][Al][CH2]C=C.Cl. The first-order chi connectivity index (χ1) is 3.41. The Morgan fingerprint density at radius 2 is 1.50 bits per heavy atom. The minimum atomic E-state index is 0. The van der Waals surface area contributed by atoms with E-state index in [9.17, 15) is 0 Å². The molecule has 0 amide bonds. The maximum absolute atomic E-state index is 3.62. The second kappa shape index (κ2) is 10.3. The molecule has 0 saturated heterocycles. The molecular formula is C6H11AlCl. The lowest BCUT2D eigenvalue weighted by Gasteiger charge is -1.80. The molecule has 0 spiro atoms. The Balaban J connectivity index is 0. The van der Waals surface area contributed by atoms with E-state index in [-0.39, 0.29) is 12.4 Å². The molecule has 0 heterocycles. The van der Waals surface area contributed by atoms with Gasteiger partial charge in [-0.1, -0.05) is 10.6 Å². The Morgan fingerprint density at radius 1 is 1.12 bits per heavy atom. The van der Waals surface area contributed by atoms with Crippen molar-refractivity contribution in [1.29, 1.82) is 0 Å². The molecule has 0 unspecified atom stereocenters. The van der Waals surface area contributed by atoms with Crippen LogP contribution in [-0.2, 0) is 0 Å². The summed E-state index contributed by atoms with van der Waals surface area (Å²) in [7, 11) is 0. The summed E-state index contributed by atoms with van der Waals surface area (Å²) in [5.74, 6) is 0. The summed E-state index contributed by atoms with van der Waals surface area (Å²) in [5, 5.41) is 2.40. The summed E-state index contributed by atoms with van der Waals surface area (Å²) in [6.07, 6.45) is 3.94. The molecule has 0 atom stereocenters. The lowest BCUT2D eigenvalue weighted by Crippen LogP contribution is -1.79. The van der Waals surface area contributed by atoms with Gasteiger partial charge < -0.3 is 0 Å². The molecule has 0 aliphatic rings. The number of allylic oxidation sites excluding steroid dienone is 2. The summed E-state index contributed by atoms with van der Waals surface area (Å²) >= 11 is 0.586. The largest absolute Gasteiger partial charge is 0.212 e. The summed E-state index contributed by atoms with van der Waals surface area (Å²) in [5.41, 5.74) is 0. The van der Waals surface area contributed by atoms with Crippen molar-refractivity contribution >= 4 is 27.6 Å². The van der Waals surface area contributed by atoms with Crippen molar-refractivity contribution < 1.29 is 0 Å². The predicted octanol–water partition coefficient (Wildman–Crippen LogP) is 2.32. The first-order valence-corrected chi connectivity index (χ1v) is 4.08. The molecule has 0 nitrogen and oxygen atoms in total. The van der Waals surface area contributed by atoms with Gasteiger partial charge in [-0.15, -0.1) is 37.7 Å². The Morgan fingerprint density at radius 3 is 1.75 bits per heavy atom. The molecule has 0 aliphatic carbocycles. The molecule has 0 saturated carbocycles. The average Bonchev–Trinajstić information content (AvgIpc) is 1.69. The molecule has 0 rings (SSSR count). The van der Waals surface area contributed by atoms with E-state index in [0.717, 1.165) is 0 Å². The third kappa shape index (κ3) is 9.57. The number of rotatable bonds is 4. The van der Waals surface area contributed by atoms with Crippen molar-refractivity contribution in [3.05, 3.63) is 25.3 Å². The van der Waals surface area contributed by atoms with Crippen molar-refractivity contribution in [1.82, 2.24) is 0 Å². The maximum atomic E-state index is 3.62. The monoisotopic (exact) mass is 145 g/mol. The Bertz CT molecular complexity index is 53.5. The van der Waals surface area contributed by atoms with Crippen molar-refractivity contribution in [3.8, 4) is 0 Å². The van der Waals surface area contributed by atoms with Gasteiger partial charge in [0.1, 0.15) is 0 Å². The number of hydrogen-bond donors (Lipinski definition) is 0. The second-order valence-corrected chi connectivity index (χ2v) is 2.86. The van der Waals surface area contributed by atoms with E-state index in [2.05, 4.69) is 13.2 Å². The fourth-order valence-electron chi connectivity index (χ4n) is 0.332. The highest BCUT2D eigenvalue weighted by atomic mass is 35.5. The van der Waals surface area contributed by atoms with E-state index < -0.39 is 0 Å². The van der Waals surface area contributed by atoms with Crippen LogP contribution in [0.1, 0.15) is 0 Å². The van der Waals surface area contributed by atoms with Gasteiger partial charge in [-0.2, -0.15) is 0 Å². The van der Waals surface area contributed by atoms with E-state index in [1.807, 2.05) is 12.2 Å². The van der Waals surface area contributed by atoms with Crippen LogP contribution in [0.5, 0.6) is 0 Å². The van der Waals surface area contributed by atoms with Crippen molar-refractivity contribution in [2.24, 2.45) is 0 Å². The quantitative estimate of drug-likeness (QED) is 0.324. The minimum absolute atomic E-state index is 0. The van der Waals surface area contributed by atoms with Crippen LogP contribution in [0.2, 0.25) is 10.6 Å². The van der Waals surface area contributed by atoms with Gasteiger partial charge >= 0.3 is 0 Å². The van der Waals surface area contributed by atoms with Crippen LogP contribution in [0.25, 0.3) is 0 Å². The first-order valence-electron chi connectivity index (χ1n) is 2.45. The van der Waals surface area contributed by atoms with E-state index in [1.54, 1.807) is 0 Å². The third-order valence-corrected chi connectivity index (χ3v) is 2.00. The molecule has 45 valence electrons. The van der Waals surface area contributed by atoms with Crippen LogP contribution in [-0.4, -0.2) is 15.2 Å². The molecule has 0 aromatic heterocycles. The summed E-state index contributed by atoms with van der Waals surface area (Å²) in [6, 6.07) is 0. The Labute approximate surface area is 63.8 Å². The highest BCUT2D eigenvalue weighted by molar-refractivity contribution is 6.36. The molecule has 0 aliphatic heterocycles. The van der Waals surface area contributed by atoms with Gasteiger partial charge in [0.25, 0.3) is 0 Å². The maximum Gasteiger partial charge on any atom is 0.212 e. The van der Waals surface area contributed by atoms with Crippen LogP contribution in [0.15, 0.2) is 25.3 Å². The second-order valence-electron chi connectivity index (χ2n) is 1.34. The molecule has 1 radical (unpaired) electrons. The van der Waals surface area contributed by atoms with Crippen molar-refractivity contribution in [3.63, 3.8) is 0 Å². The number of hydrogen-bond acceptors (Lipinski definition) is 0. The summed E-state index contributed by atoms with van der Waals surface area (Å²) < 4.78 is 0. The van der Waals surface area contributed by atoms with Crippen LogP contribution in [0.4, 0.5) is 0 Å². The molecule has 0 N–H and O–H groups in total. The molecule has 8 heavy (non-hydrogen) atoms. The fourth-order valence-corrected chi connectivity index (χ4v) is 0.996. The average molecular weight is 146 g/mol. The summed E-state index contributed by atoms with van der Waals surface area (Å²) in [6.45, 7) is 7.24. The highest BCUT2D eigenvalue weighted by Gasteiger charge is 1.79. The molecule has 0 fully saturated rings. The summed E-state index contributed by atoms with van der Waals surface area (Å²) in [4.78, 5) is 0. The van der Waals surface area contributed by atoms with Gasteiger partial charge in [0.15, 0.2) is 0 Å². The molecule has 0 bridgehead atoms. The molecular weight excluding hydrogens is 135 g/mol. The van der Waals surface area contributed by atoms with Gasteiger partial charge in [0.2, 0.25) is 15.2 Å². The van der Waals surface area contributed by atoms with E-state index in [1.165, 1.54) is 10.6 Å². The van der Waals surface area contributed by atoms with Gasteiger partial charge in [-0.05, 0) is 0 Å². The zero-order valence-electron chi connectivity index (χ0n) is 4.97. The Hall–Kier alpha value is 0.302.